The molecule has 0 saturated carbocycles. The third-order valence-corrected chi connectivity index (χ3v) is 8.29. The van der Waals surface area contributed by atoms with E-state index in [0.717, 1.165) is 77.1 Å². The Balaban J connectivity index is 1.08. The van der Waals surface area contributed by atoms with Gasteiger partial charge in [-0.05, 0) is 79.5 Å². The van der Waals surface area contributed by atoms with E-state index in [2.05, 4.69) is 39.8 Å². The van der Waals surface area contributed by atoms with E-state index < -0.39 is 0 Å². The molecule has 0 amide bonds. The highest BCUT2D eigenvalue weighted by molar-refractivity contribution is 5.93. The second-order valence-corrected chi connectivity index (χ2v) is 11.1. The second-order valence-electron chi connectivity index (χ2n) is 11.1. The molecule has 7 rings (SSSR count). The maximum atomic E-state index is 13.9. The van der Waals surface area contributed by atoms with Gasteiger partial charge >= 0.3 is 0 Å². The average Bonchev–Trinajstić information content (AvgIpc) is 3.51. The molecular formula is C34H31F2N5. The molecule has 7 heteroatoms. The van der Waals surface area contributed by atoms with E-state index >= 15 is 0 Å². The van der Waals surface area contributed by atoms with Crippen molar-refractivity contribution in [2.24, 2.45) is 7.05 Å². The molecule has 1 aliphatic rings. The molecule has 6 aromatic rings. The topological polar surface area (TPSA) is 38.9 Å². The van der Waals surface area contributed by atoms with Crippen molar-refractivity contribution in [2.45, 2.75) is 31.8 Å². The van der Waals surface area contributed by atoms with Crippen molar-refractivity contribution >= 4 is 21.9 Å². The molecule has 0 aliphatic carbocycles. The van der Waals surface area contributed by atoms with Crippen LogP contribution in [0.15, 0.2) is 91.0 Å². The fraction of sp³-hybridized carbons (Fsp3) is 0.235. The van der Waals surface area contributed by atoms with Crippen LogP contribution in [-0.2, 0) is 20.1 Å². The molecule has 0 N–H and O–H groups in total. The van der Waals surface area contributed by atoms with Crippen molar-refractivity contribution in [3.8, 4) is 11.3 Å². The average molecular weight is 548 g/mol. The Kier molecular flexibility index (Phi) is 6.59. The van der Waals surface area contributed by atoms with Crippen molar-refractivity contribution in [1.82, 2.24) is 24.2 Å². The number of nitrogens with zero attached hydrogens (tertiary/aromatic N) is 5. The van der Waals surface area contributed by atoms with Crippen molar-refractivity contribution in [3.05, 3.63) is 120 Å². The van der Waals surface area contributed by atoms with Crippen molar-refractivity contribution < 1.29 is 8.78 Å². The smallest absolute Gasteiger partial charge is 0.123 e. The minimum Gasteiger partial charge on any atom is -0.323 e. The highest BCUT2D eigenvalue weighted by Crippen LogP contribution is 2.33. The van der Waals surface area contributed by atoms with E-state index in [1.807, 2.05) is 36.0 Å². The molecule has 206 valence electrons. The van der Waals surface area contributed by atoms with Crippen LogP contribution in [-0.4, -0.2) is 37.3 Å². The van der Waals surface area contributed by atoms with E-state index in [1.165, 1.54) is 23.8 Å². The zero-order valence-corrected chi connectivity index (χ0v) is 23.0. The van der Waals surface area contributed by atoms with Gasteiger partial charge in [-0.3, -0.25) is 9.58 Å². The van der Waals surface area contributed by atoms with Crippen molar-refractivity contribution in [2.75, 3.05) is 13.1 Å². The van der Waals surface area contributed by atoms with Gasteiger partial charge in [0, 0.05) is 37.0 Å². The lowest BCUT2D eigenvalue weighted by Crippen LogP contribution is -2.33. The number of hydrogen-bond acceptors (Lipinski definition) is 3. The summed E-state index contributed by atoms with van der Waals surface area (Å²) in [4.78, 5) is 7.56. The fourth-order valence-electron chi connectivity index (χ4n) is 6.25. The summed E-state index contributed by atoms with van der Waals surface area (Å²) < 4.78 is 31.9. The normalized spacial score (nSPS) is 14.8. The number of likely N-dealkylation sites (tertiary alicyclic amines) is 1. The highest BCUT2D eigenvalue weighted by atomic mass is 19.1. The lowest BCUT2D eigenvalue weighted by atomic mass is 9.95. The van der Waals surface area contributed by atoms with Crippen LogP contribution >= 0.6 is 0 Å². The summed E-state index contributed by atoms with van der Waals surface area (Å²) in [7, 11) is 1.94. The fourth-order valence-corrected chi connectivity index (χ4v) is 6.25. The molecule has 41 heavy (non-hydrogen) atoms. The number of benzene rings is 4. The molecule has 0 atom stereocenters. The predicted molar refractivity (Wildman–Crippen MR) is 159 cm³/mol. The molecule has 0 unspecified atom stereocenters. The third-order valence-electron chi connectivity index (χ3n) is 8.29. The molecule has 1 saturated heterocycles. The number of aromatic nitrogens is 4. The molecule has 4 aromatic carbocycles. The number of imidazole rings is 1. The number of aryl methyl sites for hydroxylation is 1. The lowest BCUT2D eigenvalue weighted by Gasteiger charge is -2.32. The number of para-hydroxylation sites is 2. The monoisotopic (exact) mass is 547 g/mol. The van der Waals surface area contributed by atoms with Crippen LogP contribution in [0.25, 0.3) is 33.2 Å². The zero-order valence-electron chi connectivity index (χ0n) is 23.0. The van der Waals surface area contributed by atoms with Gasteiger partial charge in [0.25, 0.3) is 0 Å². The van der Waals surface area contributed by atoms with E-state index in [-0.39, 0.29) is 11.6 Å². The largest absolute Gasteiger partial charge is 0.323 e. The molecule has 0 spiro atoms. The van der Waals surface area contributed by atoms with E-state index in [4.69, 9.17) is 10.1 Å². The lowest BCUT2D eigenvalue weighted by molar-refractivity contribution is 0.200. The maximum Gasteiger partial charge on any atom is 0.123 e. The Labute approximate surface area is 237 Å². The SMILES string of the molecule is Cn1nc(-c2cccc(F)c2)c2ccc(CN3CCC(c4nc5ccccc5n4Cc4cccc(F)c4)CC3)cc21. The zero-order chi connectivity index (χ0) is 27.9. The first-order valence-electron chi connectivity index (χ1n) is 14.2. The number of halogens is 2. The number of fused-ring (bicyclic) bond motifs is 2. The molecule has 2 aromatic heterocycles. The summed E-state index contributed by atoms with van der Waals surface area (Å²) in [6.07, 6.45) is 2.04. The molecule has 3 heterocycles. The molecule has 1 aliphatic heterocycles. The van der Waals surface area contributed by atoms with Crippen LogP contribution in [0, 0.1) is 11.6 Å². The number of piperidine rings is 1. The summed E-state index contributed by atoms with van der Waals surface area (Å²) in [6, 6.07) is 28.2. The molecule has 0 bridgehead atoms. The van der Waals surface area contributed by atoms with Gasteiger partial charge < -0.3 is 4.57 Å². The van der Waals surface area contributed by atoms with Crippen LogP contribution in [0.5, 0.6) is 0 Å². The van der Waals surface area contributed by atoms with Crippen molar-refractivity contribution in [3.63, 3.8) is 0 Å². The maximum absolute atomic E-state index is 13.9. The first-order chi connectivity index (χ1) is 20.0. The highest BCUT2D eigenvalue weighted by Gasteiger charge is 2.26. The van der Waals surface area contributed by atoms with Crippen LogP contribution in [0.3, 0.4) is 0 Å². The quantitative estimate of drug-likeness (QED) is 0.220. The van der Waals surface area contributed by atoms with Crippen LogP contribution in [0.2, 0.25) is 0 Å². The standard InChI is InChI=1S/C34H31F2N5/c1-39-32-19-24(12-13-29(32)33(38-39)26-7-5-9-28(36)20-26)21-40-16-14-25(15-17-40)34-37-30-10-2-3-11-31(30)41(34)22-23-6-4-8-27(35)18-23/h2-13,18-20,25H,14-17,21-22H2,1H3. The molecule has 0 radical (unpaired) electrons. The van der Waals surface area contributed by atoms with Gasteiger partial charge in [0.15, 0.2) is 0 Å². The van der Waals surface area contributed by atoms with E-state index in [9.17, 15) is 8.78 Å². The summed E-state index contributed by atoms with van der Waals surface area (Å²) >= 11 is 0. The van der Waals surface area contributed by atoms with Gasteiger partial charge in [0.1, 0.15) is 23.2 Å². The van der Waals surface area contributed by atoms with Gasteiger partial charge in [-0.15, -0.1) is 0 Å². The van der Waals surface area contributed by atoms with E-state index in [0.29, 0.717) is 12.5 Å². The molecule has 1 fully saturated rings. The molecule has 5 nitrogen and oxygen atoms in total. The second kappa shape index (κ2) is 10.6. The van der Waals surface area contributed by atoms with Crippen LogP contribution in [0.4, 0.5) is 8.78 Å². The minimum absolute atomic E-state index is 0.212. The molecular weight excluding hydrogens is 516 g/mol. The van der Waals surface area contributed by atoms with Gasteiger partial charge in [0.05, 0.1) is 16.6 Å². The van der Waals surface area contributed by atoms with Gasteiger partial charge in [-0.2, -0.15) is 5.10 Å². The Morgan fingerprint density at radius 1 is 0.756 bits per heavy atom. The first-order valence-corrected chi connectivity index (χ1v) is 14.2. The Bertz CT molecular complexity index is 1860. The number of rotatable bonds is 6. The van der Waals surface area contributed by atoms with Gasteiger partial charge in [0.2, 0.25) is 0 Å². The summed E-state index contributed by atoms with van der Waals surface area (Å²) in [6.45, 7) is 3.43. The van der Waals surface area contributed by atoms with Crippen LogP contribution < -0.4 is 0 Å². The first kappa shape index (κ1) is 25.6. The van der Waals surface area contributed by atoms with E-state index in [1.54, 1.807) is 18.2 Å². The van der Waals surface area contributed by atoms with Gasteiger partial charge in [-0.25, -0.2) is 13.8 Å². The summed E-state index contributed by atoms with van der Waals surface area (Å²) in [5.74, 6) is 0.971. The summed E-state index contributed by atoms with van der Waals surface area (Å²) in [5.41, 5.74) is 6.90. The predicted octanol–water partition coefficient (Wildman–Crippen LogP) is 7.30. The minimum atomic E-state index is -0.258. The number of hydrogen-bond donors (Lipinski definition) is 0. The van der Waals surface area contributed by atoms with Gasteiger partial charge in [-0.1, -0.05) is 48.5 Å². The summed E-state index contributed by atoms with van der Waals surface area (Å²) in [5, 5.41) is 5.73. The Morgan fingerprint density at radius 2 is 1.51 bits per heavy atom. The Hall–Kier alpha value is -4.36. The van der Waals surface area contributed by atoms with Crippen LogP contribution in [0.1, 0.15) is 35.7 Å². The third kappa shape index (κ3) is 5.02. The van der Waals surface area contributed by atoms with Crippen molar-refractivity contribution in [1.29, 1.82) is 0 Å². The Morgan fingerprint density at radius 3 is 2.32 bits per heavy atom.